The van der Waals surface area contributed by atoms with E-state index in [9.17, 15) is 30.3 Å². The molecule has 1 aliphatic rings. The molecule has 6 N–H and O–H groups in total. The van der Waals surface area contributed by atoms with Crippen molar-refractivity contribution < 1.29 is 39.8 Å². The van der Waals surface area contributed by atoms with Crippen LogP contribution in [0.3, 0.4) is 0 Å². The van der Waals surface area contributed by atoms with Crippen molar-refractivity contribution in [3.05, 3.63) is 24.3 Å². The van der Waals surface area contributed by atoms with Gasteiger partial charge in [0.2, 0.25) is 5.91 Å². The summed E-state index contributed by atoms with van der Waals surface area (Å²) in [6, 6.07) is -0.806. The molecule has 1 rings (SSSR count). The van der Waals surface area contributed by atoms with Gasteiger partial charge in [-0.05, 0) is 44.9 Å². The Balaban J connectivity index is 2.18. The molecule has 0 aliphatic carbocycles. The molecule has 0 bridgehead atoms. The molecule has 1 fully saturated rings. The first-order valence-corrected chi connectivity index (χ1v) is 30.6. The van der Waals surface area contributed by atoms with Crippen LogP contribution in [0.1, 0.15) is 303 Å². The summed E-state index contributed by atoms with van der Waals surface area (Å²) in [7, 11) is 0. The summed E-state index contributed by atoms with van der Waals surface area (Å²) in [6.07, 6.45) is 58.3. The number of hydrogen-bond acceptors (Lipinski definition) is 8. The highest BCUT2D eigenvalue weighted by Gasteiger charge is 2.44. The van der Waals surface area contributed by atoms with Gasteiger partial charge in [0.15, 0.2) is 6.29 Å². The average Bonchev–Trinajstić information content (AvgIpc) is 3.36. The second-order valence-corrected chi connectivity index (χ2v) is 21.5. The molecule has 1 aliphatic heterocycles. The fourth-order valence-electron chi connectivity index (χ4n) is 9.92. The maximum Gasteiger partial charge on any atom is 0.220 e. The zero-order valence-electron chi connectivity index (χ0n) is 46.0. The highest BCUT2D eigenvalue weighted by atomic mass is 16.7. The van der Waals surface area contributed by atoms with Crippen LogP contribution in [0.4, 0.5) is 0 Å². The van der Waals surface area contributed by atoms with E-state index < -0.39 is 49.5 Å². The van der Waals surface area contributed by atoms with Gasteiger partial charge in [0.25, 0.3) is 0 Å². The lowest BCUT2D eigenvalue weighted by Gasteiger charge is -2.40. The lowest BCUT2D eigenvalue weighted by atomic mass is 9.99. The van der Waals surface area contributed by atoms with Crippen LogP contribution in [0, 0.1) is 0 Å². The number of unbranched alkanes of at least 4 members (excludes halogenated alkanes) is 41. The van der Waals surface area contributed by atoms with Gasteiger partial charge >= 0.3 is 0 Å². The molecule has 0 spiro atoms. The first-order valence-electron chi connectivity index (χ1n) is 30.6. The van der Waals surface area contributed by atoms with E-state index in [1.54, 1.807) is 6.08 Å². The molecule has 414 valence electrons. The third-order valence-corrected chi connectivity index (χ3v) is 14.8. The van der Waals surface area contributed by atoms with Crippen LogP contribution in [0.25, 0.3) is 0 Å². The molecule has 9 nitrogen and oxygen atoms in total. The Morgan fingerprint density at radius 3 is 1.16 bits per heavy atom. The molecule has 0 aromatic heterocycles. The number of aliphatic hydroxyl groups is 5. The molecule has 7 unspecified atom stereocenters. The van der Waals surface area contributed by atoms with Crippen molar-refractivity contribution in [1.29, 1.82) is 0 Å². The first kappa shape index (κ1) is 66.7. The average molecular weight is 993 g/mol. The zero-order chi connectivity index (χ0) is 50.8. The standard InChI is InChI=1S/C61H117NO8/c1-3-5-7-9-11-13-15-17-19-21-23-24-25-26-27-28-29-30-31-32-33-34-36-38-40-42-44-46-48-50-55(64)54(53-69-61-60(68)59(67)58(66)56(52-63)70-61)62-57(65)51-49-47-45-43-41-39-37-35-22-20-18-16-14-12-10-8-6-4-2/h20,22,48,50,54-56,58-61,63-64,66-68H,3-19,21,23-47,49,51-53H2,1-2H3,(H,62,65)/b22-20-,50-48+. The molecule has 7 atom stereocenters. The van der Waals surface area contributed by atoms with Crippen LogP contribution in [-0.2, 0) is 14.3 Å². The minimum Gasteiger partial charge on any atom is -0.394 e. The van der Waals surface area contributed by atoms with Crippen LogP contribution in [0.15, 0.2) is 24.3 Å². The minimum atomic E-state index is -1.57. The van der Waals surface area contributed by atoms with E-state index in [1.807, 2.05) is 6.08 Å². The molecule has 70 heavy (non-hydrogen) atoms. The third-order valence-electron chi connectivity index (χ3n) is 14.8. The molecule has 1 saturated heterocycles. The zero-order valence-corrected chi connectivity index (χ0v) is 46.0. The maximum absolute atomic E-state index is 13.1. The smallest absolute Gasteiger partial charge is 0.220 e. The first-order chi connectivity index (χ1) is 34.3. The molecule has 9 heteroatoms. The topological polar surface area (TPSA) is 149 Å². The molecule has 0 saturated carbocycles. The third kappa shape index (κ3) is 40.1. The van der Waals surface area contributed by atoms with Crippen LogP contribution in [-0.4, -0.2) is 87.5 Å². The second-order valence-electron chi connectivity index (χ2n) is 21.5. The molecule has 0 radical (unpaired) electrons. The van der Waals surface area contributed by atoms with Gasteiger partial charge in [-0.1, -0.05) is 276 Å². The molecular formula is C61H117NO8. The van der Waals surface area contributed by atoms with Crippen molar-refractivity contribution in [1.82, 2.24) is 5.32 Å². The lowest BCUT2D eigenvalue weighted by molar-refractivity contribution is -0.302. The van der Waals surface area contributed by atoms with Crippen molar-refractivity contribution >= 4 is 5.91 Å². The number of carbonyl (C=O) groups is 1. The molecule has 0 aromatic rings. The Morgan fingerprint density at radius 1 is 0.471 bits per heavy atom. The Hall–Kier alpha value is -1.33. The molecular weight excluding hydrogens is 875 g/mol. The van der Waals surface area contributed by atoms with E-state index in [0.29, 0.717) is 6.42 Å². The molecule has 1 amide bonds. The minimum absolute atomic E-state index is 0.177. The number of hydrogen-bond donors (Lipinski definition) is 6. The van der Waals surface area contributed by atoms with Gasteiger partial charge in [-0.3, -0.25) is 4.79 Å². The quantitative estimate of drug-likeness (QED) is 0.0261. The van der Waals surface area contributed by atoms with Gasteiger partial charge in [0.05, 0.1) is 25.4 Å². The van der Waals surface area contributed by atoms with Crippen molar-refractivity contribution in [2.75, 3.05) is 13.2 Å². The van der Waals surface area contributed by atoms with Gasteiger partial charge in [0, 0.05) is 6.42 Å². The largest absolute Gasteiger partial charge is 0.394 e. The summed E-state index contributed by atoms with van der Waals surface area (Å²) < 4.78 is 11.3. The number of nitrogens with one attached hydrogen (secondary N) is 1. The SMILES string of the molecule is CCCCCCCCC/C=C\CCCCCCCCCC(=O)NC(COC1OC(CO)C(O)C(O)C1O)C(O)/C=C/CCCCCCCCCCCCCCCCCCCCCCCCCCCCC. The molecule has 0 aromatic carbocycles. The summed E-state index contributed by atoms with van der Waals surface area (Å²) in [5.41, 5.74) is 0. The number of carbonyl (C=O) groups excluding carboxylic acids is 1. The fourth-order valence-corrected chi connectivity index (χ4v) is 9.92. The summed E-state index contributed by atoms with van der Waals surface area (Å²) >= 11 is 0. The summed E-state index contributed by atoms with van der Waals surface area (Å²) in [4.78, 5) is 13.1. The predicted octanol–water partition coefficient (Wildman–Crippen LogP) is 15.4. The van der Waals surface area contributed by atoms with Gasteiger partial charge in [-0.15, -0.1) is 0 Å². The number of ether oxygens (including phenoxy) is 2. The van der Waals surface area contributed by atoms with E-state index in [1.165, 1.54) is 244 Å². The van der Waals surface area contributed by atoms with Crippen LogP contribution >= 0.6 is 0 Å². The van der Waals surface area contributed by atoms with Crippen molar-refractivity contribution in [3.8, 4) is 0 Å². The Kier molecular flexibility index (Phi) is 48.7. The lowest BCUT2D eigenvalue weighted by Crippen LogP contribution is -2.60. The van der Waals surface area contributed by atoms with E-state index in [4.69, 9.17) is 9.47 Å². The van der Waals surface area contributed by atoms with Crippen LogP contribution in [0.5, 0.6) is 0 Å². The highest BCUT2D eigenvalue weighted by Crippen LogP contribution is 2.23. The maximum atomic E-state index is 13.1. The summed E-state index contributed by atoms with van der Waals surface area (Å²) in [6.45, 7) is 3.81. The Labute approximate surface area is 432 Å². The van der Waals surface area contributed by atoms with E-state index in [-0.39, 0.29) is 12.5 Å². The number of aliphatic hydroxyl groups excluding tert-OH is 5. The monoisotopic (exact) mass is 992 g/mol. The van der Waals surface area contributed by atoms with Gasteiger partial charge in [-0.2, -0.15) is 0 Å². The molecule has 1 heterocycles. The second kappa shape index (κ2) is 51.2. The van der Waals surface area contributed by atoms with Crippen molar-refractivity contribution in [2.24, 2.45) is 0 Å². The van der Waals surface area contributed by atoms with Crippen molar-refractivity contribution in [2.45, 2.75) is 346 Å². The Morgan fingerprint density at radius 2 is 0.800 bits per heavy atom. The fraction of sp³-hybridized carbons (Fsp3) is 0.918. The van der Waals surface area contributed by atoms with E-state index >= 15 is 0 Å². The van der Waals surface area contributed by atoms with Crippen molar-refractivity contribution in [3.63, 3.8) is 0 Å². The summed E-state index contributed by atoms with van der Waals surface area (Å²) in [5, 5.41) is 54.6. The normalized spacial score (nSPS) is 19.4. The van der Waals surface area contributed by atoms with Crippen LogP contribution < -0.4 is 5.32 Å². The van der Waals surface area contributed by atoms with Gasteiger partial charge in [0.1, 0.15) is 24.4 Å². The van der Waals surface area contributed by atoms with Gasteiger partial charge in [-0.25, -0.2) is 0 Å². The van der Waals surface area contributed by atoms with E-state index in [2.05, 4.69) is 31.3 Å². The number of allylic oxidation sites excluding steroid dienone is 3. The van der Waals surface area contributed by atoms with Crippen LogP contribution in [0.2, 0.25) is 0 Å². The van der Waals surface area contributed by atoms with Gasteiger partial charge < -0.3 is 40.3 Å². The predicted molar refractivity (Wildman–Crippen MR) is 295 cm³/mol. The number of amides is 1. The highest BCUT2D eigenvalue weighted by molar-refractivity contribution is 5.76. The summed E-state index contributed by atoms with van der Waals surface area (Å²) in [5.74, 6) is -0.177. The van der Waals surface area contributed by atoms with E-state index in [0.717, 1.165) is 38.5 Å². The number of rotatable bonds is 53. The Bertz CT molecular complexity index is 1150.